The second-order valence-corrected chi connectivity index (χ2v) is 8.68. The largest absolute Gasteiger partial charge is 0.493 e. The third-order valence-electron chi connectivity index (χ3n) is 4.65. The van der Waals surface area contributed by atoms with Crippen LogP contribution in [0.2, 0.25) is 0 Å². The number of amides is 1. The van der Waals surface area contributed by atoms with Gasteiger partial charge in [0, 0.05) is 31.9 Å². The van der Waals surface area contributed by atoms with Crippen molar-refractivity contribution < 1.29 is 22.7 Å². The molecular weight excluding hydrogens is 406 g/mol. The summed E-state index contributed by atoms with van der Waals surface area (Å²) in [5.74, 6) is 0.452. The summed E-state index contributed by atoms with van der Waals surface area (Å²) in [6.07, 6.45) is 1.07. The van der Waals surface area contributed by atoms with Gasteiger partial charge in [-0.1, -0.05) is 18.2 Å². The van der Waals surface area contributed by atoms with Crippen LogP contribution in [0.25, 0.3) is 0 Å². The van der Waals surface area contributed by atoms with Gasteiger partial charge in [-0.2, -0.15) is 0 Å². The molecule has 0 aliphatic rings. The number of carbonyl (C=O) groups is 1. The van der Waals surface area contributed by atoms with Gasteiger partial charge in [-0.15, -0.1) is 0 Å². The zero-order valence-electron chi connectivity index (χ0n) is 18.0. The monoisotopic (exact) mass is 435 g/mol. The molecule has 2 rings (SSSR count). The molecule has 0 saturated heterocycles. The molecular formula is C21H29N3O5S. The van der Waals surface area contributed by atoms with E-state index in [-0.39, 0.29) is 0 Å². The molecule has 0 aliphatic heterocycles. The third kappa shape index (κ3) is 5.79. The number of carbonyl (C=O) groups excluding carboxylic acids is 1. The van der Waals surface area contributed by atoms with Gasteiger partial charge in [0.1, 0.15) is 6.04 Å². The summed E-state index contributed by atoms with van der Waals surface area (Å²) in [7, 11) is 1.16. The summed E-state index contributed by atoms with van der Waals surface area (Å²) < 4.78 is 36.5. The third-order valence-corrected chi connectivity index (χ3v) is 5.90. The van der Waals surface area contributed by atoms with Crippen LogP contribution in [-0.4, -0.2) is 61.0 Å². The molecule has 1 N–H and O–H groups in total. The van der Waals surface area contributed by atoms with Gasteiger partial charge in [0.2, 0.25) is 15.9 Å². The number of anilines is 2. The predicted octanol–water partition coefficient (Wildman–Crippen LogP) is 2.11. The number of hydrogen-bond donors (Lipinski definition) is 1. The molecule has 1 amide bonds. The fourth-order valence-corrected chi connectivity index (χ4v) is 4.24. The number of para-hydroxylation sites is 1. The Morgan fingerprint density at radius 3 is 2.23 bits per heavy atom. The first-order valence-corrected chi connectivity index (χ1v) is 11.3. The van der Waals surface area contributed by atoms with E-state index in [9.17, 15) is 13.2 Å². The molecule has 30 heavy (non-hydrogen) atoms. The van der Waals surface area contributed by atoms with E-state index in [4.69, 9.17) is 9.47 Å². The van der Waals surface area contributed by atoms with Gasteiger partial charge in [0.25, 0.3) is 0 Å². The Hall–Kier alpha value is -2.94. The van der Waals surface area contributed by atoms with Gasteiger partial charge < -0.3 is 19.7 Å². The molecule has 1 atom stereocenters. The second kappa shape index (κ2) is 10.2. The van der Waals surface area contributed by atoms with E-state index in [2.05, 4.69) is 5.32 Å². The van der Waals surface area contributed by atoms with E-state index in [1.54, 1.807) is 19.1 Å². The van der Waals surface area contributed by atoms with Crippen molar-refractivity contribution in [3.8, 4) is 11.5 Å². The Kier molecular flexibility index (Phi) is 7.93. The minimum Gasteiger partial charge on any atom is -0.493 e. The fraction of sp³-hybridized carbons (Fsp3) is 0.381. The predicted molar refractivity (Wildman–Crippen MR) is 119 cm³/mol. The highest BCUT2D eigenvalue weighted by molar-refractivity contribution is 7.92. The Morgan fingerprint density at radius 2 is 1.67 bits per heavy atom. The zero-order valence-corrected chi connectivity index (χ0v) is 18.8. The van der Waals surface area contributed by atoms with E-state index < -0.39 is 22.0 Å². The molecule has 164 valence electrons. The molecule has 2 aromatic rings. The zero-order chi connectivity index (χ0) is 22.3. The second-order valence-electron chi connectivity index (χ2n) is 6.82. The number of rotatable bonds is 10. The molecule has 0 aromatic heterocycles. The van der Waals surface area contributed by atoms with Gasteiger partial charge in [-0.25, -0.2) is 8.42 Å². The van der Waals surface area contributed by atoms with Crippen molar-refractivity contribution in [1.82, 2.24) is 5.32 Å². The highest BCUT2D eigenvalue weighted by Gasteiger charge is 2.29. The molecule has 0 aliphatic carbocycles. The van der Waals surface area contributed by atoms with Crippen LogP contribution in [0.15, 0.2) is 48.5 Å². The van der Waals surface area contributed by atoms with Crippen molar-refractivity contribution in [2.24, 2.45) is 0 Å². The van der Waals surface area contributed by atoms with E-state index >= 15 is 0 Å². The summed E-state index contributed by atoms with van der Waals surface area (Å²) in [6.45, 7) is 2.50. The SMILES string of the molecule is COc1ccc(N([C@@H](C)C(=O)NCCN(C)c2ccccc2)S(C)(=O)=O)cc1OC. The standard InChI is InChI=1S/C21H29N3O5S/c1-16(21(25)22-13-14-23(2)17-9-7-6-8-10-17)24(30(5,26)27)18-11-12-19(28-3)20(15-18)29-4/h6-12,15-16H,13-14H2,1-5H3,(H,22,25)/t16-/m0/s1. The summed E-state index contributed by atoms with van der Waals surface area (Å²) >= 11 is 0. The number of nitrogens with one attached hydrogen (secondary N) is 1. The maximum Gasteiger partial charge on any atom is 0.243 e. The Bertz CT molecular complexity index is 950. The van der Waals surface area contributed by atoms with Crippen LogP contribution in [0.3, 0.4) is 0 Å². The van der Waals surface area contributed by atoms with Gasteiger partial charge in [-0.05, 0) is 31.2 Å². The van der Waals surface area contributed by atoms with Crippen molar-refractivity contribution >= 4 is 27.3 Å². The highest BCUT2D eigenvalue weighted by atomic mass is 32.2. The van der Waals surface area contributed by atoms with E-state index in [1.165, 1.54) is 20.3 Å². The fourth-order valence-electron chi connectivity index (χ4n) is 3.08. The van der Waals surface area contributed by atoms with Crippen LogP contribution < -0.4 is 24.0 Å². The first kappa shape index (κ1) is 23.3. The summed E-state index contributed by atoms with van der Waals surface area (Å²) in [5, 5.41) is 2.81. The van der Waals surface area contributed by atoms with Crippen LogP contribution in [0, 0.1) is 0 Å². The summed E-state index contributed by atoms with van der Waals surface area (Å²) in [6, 6.07) is 13.6. The summed E-state index contributed by atoms with van der Waals surface area (Å²) in [5.41, 5.74) is 1.35. The Morgan fingerprint density at radius 1 is 1.03 bits per heavy atom. The minimum absolute atomic E-state index is 0.319. The molecule has 9 heteroatoms. The minimum atomic E-state index is -3.73. The maximum absolute atomic E-state index is 12.7. The topological polar surface area (TPSA) is 88.2 Å². The molecule has 2 aromatic carbocycles. The molecule has 0 saturated carbocycles. The lowest BCUT2D eigenvalue weighted by Crippen LogP contribution is -2.49. The first-order chi connectivity index (χ1) is 14.2. The number of hydrogen-bond acceptors (Lipinski definition) is 6. The molecule has 0 fully saturated rings. The van der Waals surface area contributed by atoms with Gasteiger partial charge >= 0.3 is 0 Å². The van der Waals surface area contributed by atoms with Crippen LogP contribution in [-0.2, 0) is 14.8 Å². The highest BCUT2D eigenvalue weighted by Crippen LogP contribution is 2.33. The number of likely N-dealkylation sites (N-methyl/N-ethyl adjacent to an activating group) is 1. The molecule has 0 bridgehead atoms. The molecule has 0 heterocycles. The average Bonchev–Trinajstić information content (AvgIpc) is 2.73. The van der Waals surface area contributed by atoms with E-state index in [1.807, 2.05) is 42.3 Å². The van der Waals surface area contributed by atoms with E-state index in [0.717, 1.165) is 16.2 Å². The van der Waals surface area contributed by atoms with E-state index in [0.29, 0.717) is 30.3 Å². The van der Waals surface area contributed by atoms with Gasteiger partial charge in [0.15, 0.2) is 11.5 Å². The smallest absolute Gasteiger partial charge is 0.243 e. The molecule has 8 nitrogen and oxygen atoms in total. The quantitative estimate of drug-likeness (QED) is 0.615. The van der Waals surface area contributed by atoms with Crippen LogP contribution >= 0.6 is 0 Å². The number of methoxy groups -OCH3 is 2. The van der Waals surface area contributed by atoms with Crippen molar-refractivity contribution in [1.29, 1.82) is 0 Å². The van der Waals surface area contributed by atoms with Crippen molar-refractivity contribution in [2.45, 2.75) is 13.0 Å². The average molecular weight is 436 g/mol. The number of ether oxygens (including phenoxy) is 2. The van der Waals surface area contributed by atoms with Crippen molar-refractivity contribution in [3.63, 3.8) is 0 Å². The number of benzene rings is 2. The normalized spacial score (nSPS) is 12.0. The Balaban J connectivity index is 2.11. The van der Waals surface area contributed by atoms with Crippen molar-refractivity contribution in [3.05, 3.63) is 48.5 Å². The lowest BCUT2D eigenvalue weighted by Gasteiger charge is -2.29. The van der Waals surface area contributed by atoms with Gasteiger partial charge in [-0.3, -0.25) is 9.10 Å². The first-order valence-electron chi connectivity index (χ1n) is 9.44. The lowest BCUT2D eigenvalue weighted by atomic mass is 10.2. The van der Waals surface area contributed by atoms with Crippen LogP contribution in [0.4, 0.5) is 11.4 Å². The van der Waals surface area contributed by atoms with Crippen LogP contribution in [0.1, 0.15) is 6.92 Å². The maximum atomic E-state index is 12.7. The van der Waals surface area contributed by atoms with Crippen molar-refractivity contribution in [2.75, 3.05) is 49.8 Å². The molecule has 0 spiro atoms. The summed E-state index contributed by atoms with van der Waals surface area (Å²) in [4.78, 5) is 14.7. The van der Waals surface area contributed by atoms with Crippen LogP contribution in [0.5, 0.6) is 11.5 Å². The lowest BCUT2D eigenvalue weighted by molar-refractivity contribution is -0.121. The number of nitrogens with zero attached hydrogens (tertiary/aromatic N) is 2. The number of sulfonamides is 1. The molecule has 0 unspecified atom stereocenters. The molecule has 0 radical (unpaired) electrons. The Labute approximate surface area is 178 Å². The van der Waals surface area contributed by atoms with Gasteiger partial charge in [0.05, 0.1) is 26.2 Å².